The number of hydrogen-bond acceptors (Lipinski definition) is 4. The maximum atomic E-state index is 11.2. The van der Waals surface area contributed by atoms with Gasteiger partial charge in [0, 0.05) is 5.69 Å². The number of aryl methyl sites for hydroxylation is 1. The van der Waals surface area contributed by atoms with Gasteiger partial charge >= 0.3 is 5.97 Å². The molecular weight excluding hydrogens is 254 g/mol. The van der Waals surface area contributed by atoms with Crippen LogP contribution in [-0.4, -0.2) is 11.1 Å². The Labute approximate surface area is 116 Å². The third kappa shape index (κ3) is 2.54. The second kappa shape index (κ2) is 5.33. The lowest BCUT2D eigenvalue weighted by atomic mass is 10.1. The number of nitrogens with one attached hydrogen (secondary N) is 1. The van der Waals surface area contributed by atoms with Gasteiger partial charge in [-0.25, -0.2) is 4.79 Å². The summed E-state index contributed by atoms with van der Waals surface area (Å²) < 4.78 is 0. The van der Waals surface area contributed by atoms with E-state index in [1.54, 1.807) is 24.3 Å². The summed E-state index contributed by atoms with van der Waals surface area (Å²) in [4.78, 5) is 11.2. The minimum Gasteiger partial charge on any atom is -0.478 e. The molecule has 0 bridgehead atoms. The molecule has 100 valence electrons. The second-order valence-corrected chi connectivity index (χ2v) is 4.34. The third-order valence-electron chi connectivity index (χ3n) is 2.93. The van der Waals surface area contributed by atoms with Gasteiger partial charge in [-0.05, 0) is 36.8 Å². The van der Waals surface area contributed by atoms with E-state index in [1.165, 1.54) is 6.07 Å². The van der Waals surface area contributed by atoms with Crippen molar-refractivity contribution < 1.29 is 9.90 Å². The number of rotatable bonds is 3. The van der Waals surface area contributed by atoms with E-state index in [4.69, 9.17) is 5.73 Å². The molecule has 0 aromatic heterocycles. The van der Waals surface area contributed by atoms with Crippen LogP contribution in [0.5, 0.6) is 0 Å². The number of nitrogens with zero attached hydrogens (tertiary/aromatic N) is 1. The SMILES string of the molecule is Cc1cccc(Nc2ccc(N)cc2C(=O)O)c1C#N. The highest BCUT2D eigenvalue weighted by molar-refractivity contribution is 5.96. The predicted octanol–water partition coefficient (Wildman–Crippen LogP) is 2.89. The monoisotopic (exact) mass is 267 g/mol. The van der Waals surface area contributed by atoms with Crippen molar-refractivity contribution in [2.75, 3.05) is 11.1 Å². The number of nitrogen functional groups attached to an aromatic ring is 1. The Morgan fingerprint density at radius 3 is 2.70 bits per heavy atom. The molecule has 0 spiro atoms. The average Bonchev–Trinajstić information content (AvgIpc) is 2.41. The first-order chi connectivity index (χ1) is 9.52. The van der Waals surface area contributed by atoms with E-state index in [1.807, 2.05) is 13.0 Å². The van der Waals surface area contributed by atoms with Gasteiger partial charge in [-0.2, -0.15) is 5.26 Å². The summed E-state index contributed by atoms with van der Waals surface area (Å²) in [5.41, 5.74) is 8.31. The van der Waals surface area contributed by atoms with Crippen LogP contribution in [-0.2, 0) is 0 Å². The summed E-state index contributed by atoms with van der Waals surface area (Å²) in [6, 6.07) is 12.0. The topological polar surface area (TPSA) is 99.1 Å². The molecule has 0 radical (unpaired) electrons. The molecule has 0 saturated carbocycles. The Hall–Kier alpha value is -3.00. The van der Waals surface area contributed by atoms with Crippen LogP contribution in [0.1, 0.15) is 21.5 Å². The van der Waals surface area contributed by atoms with Crippen LogP contribution in [0.25, 0.3) is 0 Å². The standard InChI is InChI=1S/C15H13N3O2/c1-9-3-2-4-13(12(9)8-16)18-14-6-5-10(17)7-11(14)15(19)20/h2-7,18H,17H2,1H3,(H,19,20). The van der Waals surface area contributed by atoms with Gasteiger partial charge in [0.25, 0.3) is 0 Å². The lowest BCUT2D eigenvalue weighted by Crippen LogP contribution is -2.05. The zero-order valence-corrected chi connectivity index (χ0v) is 10.8. The first kappa shape index (κ1) is 13.4. The number of nitriles is 1. The Balaban J connectivity index is 2.49. The molecule has 5 heteroatoms. The van der Waals surface area contributed by atoms with Crippen molar-refractivity contribution in [1.82, 2.24) is 0 Å². The molecule has 0 fully saturated rings. The normalized spacial score (nSPS) is 9.80. The van der Waals surface area contributed by atoms with Crippen molar-refractivity contribution in [1.29, 1.82) is 5.26 Å². The van der Waals surface area contributed by atoms with Gasteiger partial charge in [-0.3, -0.25) is 0 Å². The number of anilines is 3. The summed E-state index contributed by atoms with van der Waals surface area (Å²) in [5.74, 6) is -1.08. The Morgan fingerprint density at radius 1 is 1.30 bits per heavy atom. The van der Waals surface area contributed by atoms with Crippen LogP contribution in [0, 0.1) is 18.3 Å². The Morgan fingerprint density at radius 2 is 2.05 bits per heavy atom. The number of carboxylic acids is 1. The molecule has 20 heavy (non-hydrogen) atoms. The molecule has 0 aliphatic rings. The summed E-state index contributed by atoms with van der Waals surface area (Å²) >= 11 is 0. The highest BCUT2D eigenvalue weighted by Crippen LogP contribution is 2.26. The maximum Gasteiger partial charge on any atom is 0.337 e. The van der Waals surface area contributed by atoms with Gasteiger partial charge in [0.1, 0.15) is 6.07 Å². The quantitative estimate of drug-likeness (QED) is 0.742. The largest absolute Gasteiger partial charge is 0.478 e. The minimum atomic E-state index is -1.08. The van der Waals surface area contributed by atoms with Crippen LogP contribution in [0.3, 0.4) is 0 Å². The second-order valence-electron chi connectivity index (χ2n) is 4.34. The molecule has 0 saturated heterocycles. The highest BCUT2D eigenvalue weighted by atomic mass is 16.4. The molecule has 0 unspecified atom stereocenters. The molecule has 0 atom stereocenters. The fourth-order valence-electron chi connectivity index (χ4n) is 1.91. The molecule has 2 aromatic carbocycles. The van der Waals surface area contributed by atoms with Crippen molar-refractivity contribution in [2.45, 2.75) is 6.92 Å². The summed E-state index contributed by atoms with van der Waals surface area (Å²) in [6.07, 6.45) is 0. The zero-order chi connectivity index (χ0) is 14.7. The number of aromatic carboxylic acids is 1. The highest BCUT2D eigenvalue weighted by Gasteiger charge is 2.12. The number of hydrogen-bond donors (Lipinski definition) is 3. The molecule has 4 N–H and O–H groups in total. The van der Waals surface area contributed by atoms with Crippen LogP contribution >= 0.6 is 0 Å². The Bertz CT molecular complexity index is 718. The van der Waals surface area contributed by atoms with Gasteiger partial charge in [-0.1, -0.05) is 12.1 Å². The molecule has 0 aliphatic carbocycles. The first-order valence-electron chi connectivity index (χ1n) is 5.92. The lowest BCUT2D eigenvalue weighted by Gasteiger charge is -2.12. The fourth-order valence-corrected chi connectivity index (χ4v) is 1.91. The van der Waals surface area contributed by atoms with Crippen molar-refractivity contribution >= 4 is 23.0 Å². The van der Waals surface area contributed by atoms with E-state index in [2.05, 4.69) is 11.4 Å². The first-order valence-corrected chi connectivity index (χ1v) is 5.92. The predicted molar refractivity (Wildman–Crippen MR) is 77.0 cm³/mol. The van der Waals surface area contributed by atoms with Crippen LogP contribution < -0.4 is 11.1 Å². The fraction of sp³-hybridized carbons (Fsp3) is 0.0667. The minimum absolute atomic E-state index is 0.0652. The summed E-state index contributed by atoms with van der Waals surface area (Å²) in [6.45, 7) is 1.82. The number of carbonyl (C=O) groups is 1. The smallest absolute Gasteiger partial charge is 0.337 e. The van der Waals surface area contributed by atoms with Crippen molar-refractivity contribution in [3.8, 4) is 6.07 Å². The molecule has 5 nitrogen and oxygen atoms in total. The van der Waals surface area contributed by atoms with Crippen molar-refractivity contribution in [3.63, 3.8) is 0 Å². The zero-order valence-electron chi connectivity index (χ0n) is 10.8. The number of carboxylic acid groups (broad SMARTS) is 1. The third-order valence-corrected chi connectivity index (χ3v) is 2.93. The van der Waals surface area contributed by atoms with Gasteiger partial charge < -0.3 is 16.2 Å². The van der Waals surface area contributed by atoms with E-state index in [-0.39, 0.29) is 5.56 Å². The van der Waals surface area contributed by atoms with Gasteiger partial charge in [0.2, 0.25) is 0 Å². The van der Waals surface area contributed by atoms with E-state index in [0.717, 1.165) is 5.56 Å². The molecule has 2 aromatic rings. The summed E-state index contributed by atoms with van der Waals surface area (Å²) in [5, 5.41) is 21.3. The molecular formula is C15H13N3O2. The molecule has 2 rings (SSSR count). The van der Waals surface area contributed by atoms with Crippen LogP contribution in [0.15, 0.2) is 36.4 Å². The average molecular weight is 267 g/mol. The van der Waals surface area contributed by atoms with E-state index in [9.17, 15) is 15.2 Å². The van der Waals surface area contributed by atoms with E-state index < -0.39 is 5.97 Å². The van der Waals surface area contributed by atoms with Crippen LogP contribution in [0.4, 0.5) is 17.1 Å². The summed E-state index contributed by atoms with van der Waals surface area (Å²) in [7, 11) is 0. The number of benzene rings is 2. The number of nitrogens with two attached hydrogens (primary N) is 1. The van der Waals surface area contributed by atoms with Crippen molar-refractivity contribution in [2.24, 2.45) is 0 Å². The van der Waals surface area contributed by atoms with E-state index >= 15 is 0 Å². The van der Waals surface area contributed by atoms with Crippen LogP contribution in [0.2, 0.25) is 0 Å². The lowest BCUT2D eigenvalue weighted by molar-refractivity contribution is 0.0698. The Kier molecular flexibility index (Phi) is 3.58. The molecule has 0 aliphatic heterocycles. The van der Waals surface area contributed by atoms with Crippen molar-refractivity contribution in [3.05, 3.63) is 53.1 Å². The van der Waals surface area contributed by atoms with Gasteiger partial charge in [0.05, 0.1) is 22.5 Å². The molecule has 0 amide bonds. The van der Waals surface area contributed by atoms with Gasteiger partial charge in [-0.15, -0.1) is 0 Å². The molecule has 0 heterocycles. The van der Waals surface area contributed by atoms with E-state index in [0.29, 0.717) is 22.6 Å². The van der Waals surface area contributed by atoms with Gasteiger partial charge in [0.15, 0.2) is 0 Å². The maximum absolute atomic E-state index is 11.2.